The Hall–Kier alpha value is -0.880. The van der Waals surface area contributed by atoms with Crippen molar-refractivity contribution in [1.29, 1.82) is 0 Å². The van der Waals surface area contributed by atoms with Crippen molar-refractivity contribution in [3.05, 3.63) is 0 Å². The number of rotatable bonds is 0. The van der Waals surface area contributed by atoms with Gasteiger partial charge in [0.25, 0.3) is 0 Å². The molecule has 0 spiro atoms. The number of amides is 1. The van der Waals surface area contributed by atoms with E-state index in [1.54, 1.807) is 0 Å². The zero-order chi connectivity index (χ0) is 6.57. The molecule has 0 fully saturated rings. The van der Waals surface area contributed by atoms with Crippen molar-refractivity contribution in [1.82, 2.24) is 10.9 Å². The third kappa shape index (κ3) is 11.0. The fourth-order valence-corrected chi connectivity index (χ4v) is 0.201. The molecule has 0 rings (SSSR count). The maximum Gasteiger partial charge on any atom is 0.235 e. The third-order valence-corrected chi connectivity index (χ3v) is 0.464. The summed E-state index contributed by atoms with van der Waals surface area (Å²) in [6.45, 7) is 1.35. The molecule has 0 bridgehead atoms. The standard InChI is InChI=1S/C3H7N3OS.H2O/c1-2(7)5-6-3(4)8;/h1H3,(H,5,7)(H3,4,6,8);1H2. The van der Waals surface area contributed by atoms with Crippen molar-refractivity contribution < 1.29 is 10.3 Å². The van der Waals surface area contributed by atoms with E-state index in [4.69, 9.17) is 5.73 Å². The van der Waals surface area contributed by atoms with Gasteiger partial charge >= 0.3 is 0 Å². The van der Waals surface area contributed by atoms with Crippen molar-refractivity contribution in [3.8, 4) is 0 Å². The first kappa shape index (κ1) is 11.0. The molecule has 54 valence electrons. The molecular weight excluding hydrogens is 142 g/mol. The van der Waals surface area contributed by atoms with Crippen LogP contribution in [0.5, 0.6) is 0 Å². The van der Waals surface area contributed by atoms with Gasteiger partial charge in [0.15, 0.2) is 5.11 Å². The molecule has 0 atom stereocenters. The molecule has 1 amide bonds. The monoisotopic (exact) mass is 151 g/mol. The van der Waals surface area contributed by atoms with E-state index in [2.05, 4.69) is 23.1 Å². The van der Waals surface area contributed by atoms with E-state index in [-0.39, 0.29) is 16.5 Å². The van der Waals surface area contributed by atoms with Gasteiger partial charge in [-0.1, -0.05) is 0 Å². The Morgan fingerprint density at radius 2 is 2.00 bits per heavy atom. The topological polar surface area (TPSA) is 98.7 Å². The van der Waals surface area contributed by atoms with E-state index in [0.717, 1.165) is 0 Å². The molecule has 0 radical (unpaired) electrons. The average molecular weight is 151 g/mol. The molecule has 0 saturated carbocycles. The van der Waals surface area contributed by atoms with Gasteiger partial charge in [-0.3, -0.25) is 15.6 Å². The van der Waals surface area contributed by atoms with Gasteiger partial charge in [-0.15, -0.1) is 0 Å². The second-order valence-electron chi connectivity index (χ2n) is 1.17. The molecule has 0 aromatic rings. The van der Waals surface area contributed by atoms with Crippen LogP contribution in [0.4, 0.5) is 0 Å². The van der Waals surface area contributed by atoms with E-state index in [1.165, 1.54) is 6.92 Å². The Morgan fingerprint density at radius 3 is 2.11 bits per heavy atom. The summed E-state index contributed by atoms with van der Waals surface area (Å²) < 4.78 is 0. The fraction of sp³-hybridized carbons (Fsp3) is 0.333. The zero-order valence-electron chi connectivity index (χ0n) is 4.89. The normalized spacial score (nSPS) is 6.78. The van der Waals surface area contributed by atoms with E-state index in [9.17, 15) is 4.79 Å². The summed E-state index contributed by atoms with van der Waals surface area (Å²) in [5.74, 6) is -0.224. The number of thiocarbonyl (C=S) groups is 1. The Kier molecular flexibility index (Phi) is 6.42. The van der Waals surface area contributed by atoms with E-state index in [0.29, 0.717) is 0 Å². The summed E-state index contributed by atoms with van der Waals surface area (Å²) in [7, 11) is 0. The van der Waals surface area contributed by atoms with Crippen LogP contribution in [0.15, 0.2) is 0 Å². The molecule has 0 aromatic carbocycles. The van der Waals surface area contributed by atoms with Crippen LogP contribution in [-0.4, -0.2) is 16.5 Å². The highest BCUT2D eigenvalue weighted by molar-refractivity contribution is 7.80. The summed E-state index contributed by atoms with van der Waals surface area (Å²) in [5.41, 5.74) is 9.39. The lowest BCUT2D eigenvalue weighted by atomic mass is 10.8. The molecule has 0 aromatic heterocycles. The lowest BCUT2D eigenvalue weighted by Crippen LogP contribution is -2.43. The molecule has 0 aliphatic carbocycles. The first-order valence-electron chi connectivity index (χ1n) is 1.95. The summed E-state index contributed by atoms with van der Waals surface area (Å²) in [6, 6.07) is 0. The number of carbonyl (C=O) groups is 1. The van der Waals surface area contributed by atoms with Crippen LogP contribution in [0.2, 0.25) is 0 Å². The maximum absolute atomic E-state index is 10.1. The van der Waals surface area contributed by atoms with E-state index < -0.39 is 0 Å². The van der Waals surface area contributed by atoms with Gasteiger partial charge in [-0.05, 0) is 12.2 Å². The van der Waals surface area contributed by atoms with Crippen LogP contribution in [0.1, 0.15) is 6.92 Å². The van der Waals surface area contributed by atoms with Crippen LogP contribution >= 0.6 is 12.2 Å². The molecule has 6 N–H and O–H groups in total. The highest BCUT2D eigenvalue weighted by Crippen LogP contribution is 1.53. The second kappa shape index (κ2) is 5.26. The minimum absolute atomic E-state index is 0. The van der Waals surface area contributed by atoms with Gasteiger partial charge < -0.3 is 11.2 Å². The van der Waals surface area contributed by atoms with Gasteiger partial charge in [-0.25, -0.2) is 0 Å². The lowest BCUT2D eigenvalue weighted by molar-refractivity contribution is -0.119. The predicted octanol–water partition coefficient (Wildman–Crippen LogP) is -1.95. The molecular formula is C3H9N3O2S. The number of nitrogens with two attached hydrogens (primary N) is 1. The summed E-state index contributed by atoms with van der Waals surface area (Å²) >= 11 is 4.37. The number of hydrogen-bond donors (Lipinski definition) is 3. The first-order valence-corrected chi connectivity index (χ1v) is 2.36. The first-order chi connectivity index (χ1) is 3.63. The van der Waals surface area contributed by atoms with Gasteiger partial charge in [0.1, 0.15) is 0 Å². The summed E-state index contributed by atoms with van der Waals surface area (Å²) in [5, 5.41) is 0.0557. The Morgan fingerprint density at radius 1 is 1.56 bits per heavy atom. The van der Waals surface area contributed by atoms with Crippen LogP contribution in [0, 0.1) is 0 Å². The third-order valence-electron chi connectivity index (χ3n) is 0.362. The fourth-order valence-electron chi connectivity index (χ4n) is 0.150. The van der Waals surface area contributed by atoms with Crippen molar-refractivity contribution >= 4 is 23.2 Å². The Balaban J connectivity index is 0. The van der Waals surface area contributed by atoms with Gasteiger partial charge in [-0.2, -0.15) is 0 Å². The van der Waals surface area contributed by atoms with Crippen LogP contribution < -0.4 is 16.6 Å². The van der Waals surface area contributed by atoms with Gasteiger partial charge in [0.05, 0.1) is 0 Å². The van der Waals surface area contributed by atoms with Crippen molar-refractivity contribution in [2.45, 2.75) is 6.92 Å². The van der Waals surface area contributed by atoms with Gasteiger partial charge in [0.2, 0.25) is 5.91 Å². The minimum Gasteiger partial charge on any atom is -0.412 e. The van der Waals surface area contributed by atoms with Crippen LogP contribution in [-0.2, 0) is 4.79 Å². The molecule has 6 heteroatoms. The highest BCUT2D eigenvalue weighted by atomic mass is 32.1. The SMILES string of the molecule is CC(=O)NNC(N)=S.O. The van der Waals surface area contributed by atoms with Crippen molar-refractivity contribution in [3.63, 3.8) is 0 Å². The zero-order valence-corrected chi connectivity index (χ0v) is 5.71. The van der Waals surface area contributed by atoms with Crippen LogP contribution in [0.25, 0.3) is 0 Å². The molecule has 0 unspecified atom stereocenters. The average Bonchev–Trinajstić information content (AvgIpc) is 1.61. The molecule has 0 heterocycles. The Labute approximate surface area is 57.9 Å². The molecule has 0 aliphatic rings. The van der Waals surface area contributed by atoms with E-state index in [1.807, 2.05) is 0 Å². The van der Waals surface area contributed by atoms with Crippen molar-refractivity contribution in [2.75, 3.05) is 0 Å². The number of hydrogen-bond acceptors (Lipinski definition) is 2. The van der Waals surface area contributed by atoms with Gasteiger partial charge in [0, 0.05) is 6.92 Å². The largest absolute Gasteiger partial charge is 0.412 e. The smallest absolute Gasteiger partial charge is 0.235 e. The lowest BCUT2D eigenvalue weighted by Gasteiger charge is -2.00. The maximum atomic E-state index is 10.1. The minimum atomic E-state index is -0.224. The quantitative estimate of drug-likeness (QED) is 0.276. The summed E-state index contributed by atoms with van der Waals surface area (Å²) in [6.07, 6.45) is 0. The predicted molar refractivity (Wildman–Crippen MR) is 37.4 cm³/mol. The number of nitrogens with one attached hydrogen (secondary N) is 2. The van der Waals surface area contributed by atoms with Crippen molar-refractivity contribution in [2.24, 2.45) is 5.73 Å². The second-order valence-corrected chi connectivity index (χ2v) is 1.61. The molecule has 0 aliphatic heterocycles. The molecule has 9 heavy (non-hydrogen) atoms. The summed E-state index contributed by atoms with van der Waals surface area (Å²) in [4.78, 5) is 10.1. The highest BCUT2D eigenvalue weighted by Gasteiger charge is 1.86. The van der Waals surface area contributed by atoms with Crippen LogP contribution in [0.3, 0.4) is 0 Å². The molecule has 0 saturated heterocycles. The number of hydrazine groups is 1. The Bertz CT molecular complexity index is 102. The number of carbonyl (C=O) groups excluding carboxylic acids is 1. The molecule has 5 nitrogen and oxygen atoms in total. The van der Waals surface area contributed by atoms with E-state index >= 15 is 0 Å².